The summed E-state index contributed by atoms with van der Waals surface area (Å²) in [4.78, 5) is 27.4. The fourth-order valence-electron chi connectivity index (χ4n) is 3.39. The summed E-state index contributed by atoms with van der Waals surface area (Å²) in [6, 6.07) is 2.59. The molecule has 0 radical (unpaired) electrons. The Morgan fingerprint density at radius 2 is 2.16 bits per heavy atom. The van der Waals surface area contributed by atoms with Crippen LogP contribution < -0.4 is 15.9 Å². The molecule has 1 aliphatic heterocycles. The molecule has 0 aliphatic carbocycles. The highest BCUT2D eigenvalue weighted by Gasteiger charge is 2.24. The van der Waals surface area contributed by atoms with Crippen molar-refractivity contribution in [1.29, 1.82) is 0 Å². The van der Waals surface area contributed by atoms with E-state index in [1.54, 1.807) is 17.7 Å². The van der Waals surface area contributed by atoms with E-state index in [4.69, 9.17) is 0 Å². The molecule has 132 valence electrons. The maximum absolute atomic E-state index is 11.2. The molecule has 0 saturated carbocycles. The summed E-state index contributed by atoms with van der Waals surface area (Å²) in [5, 5.41) is 11.1. The highest BCUT2D eigenvalue weighted by molar-refractivity contribution is 7.18. The molecule has 25 heavy (non-hydrogen) atoms. The van der Waals surface area contributed by atoms with Gasteiger partial charge in [0.2, 0.25) is 0 Å². The smallest absolute Gasteiger partial charge is 0.340 e. The minimum Gasteiger partial charge on any atom is -0.356 e. The molecule has 1 unspecified atom stereocenters. The Bertz CT molecular complexity index is 922. The number of thiophene rings is 1. The van der Waals surface area contributed by atoms with Crippen LogP contribution in [0.1, 0.15) is 36.5 Å². The van der Waals surface area contributed by atoms with E-state index in [0.717, 1.165) is 42.0 Å². The van der Waals surface area contributed by atoms with Gasteiger partial charge in [0, 0.05) is 24.0 Å². The fraction of sp³-hybridized carbons (Fsp3) is 0.500. The second-order valence-electron chi connectivity index (χ2n) is 6.49. The molecule has 9 heteroatoms. The summed E-state index contributed by atoms with van der Waals surface area (Å²) in [6.45, 7) is 6.01. The predicted octanol–water partition coefficient (Wildman–Crippen LogP) is 1.73. The van der Waals surface area contributed by atoms with Crippen LogP contribution in [0.4, 0.5) is 5.82 Å². The third-order valence-corrected chi connectivity index (χ3v) is 5.60. The summed E-state index contributed by atoms with van der Waals surface area (Å²) in [6.07, 6.45) is 3.70. The van der Waals surface area contributed by atoms with Crippen molar-refractivity contribution in [3.8, 4) is 0 Å². The van der Waals surface area contributed by atoms with Crippen molar-refractivity contribution in [3.05, 3.63) is 33.6 Å². The van der Waals surface area contributed by atoms with Crippen LogP contribution in [0.3, 0.4) is 0 Å². The van der Waals surface area contributed by atoms with Crippen molar-refractivity contribution in [2.75, 3.05) is 18.0 Å². The van der Waals surface area contributed by atoms with Crippen LogP contribution in [0.5, 0.6) is 0 Å². The van der Waals surface area contributed by atoms with Crippen LogP contribution in [0.25, 0.3) is 10.2 Å². The Hall–Kier alpha value is -2.26. The van der Waals surface area contributed by atoms with Gasteiger partial charge < -0.3 is 10.2 Å². The van der Waals surface area contributed by atoms with Gasteiger partial charge in [-0.1, -0.05) is 0 Å². The molecule has 3 aromatic rings. The highest BCUT2D eigenvalue weighted by atomic mass is 32.1. The van der Waals surface area contributed by atoms with Crippen LogP contribution in [0.2, 0.25) is 0 Å². The molecule has 8 nitrogen and oxygen atoms in total. The molecule has 1 atom stereocenters. The largest absolute Gasteiger partial charge is 0.356 e. The SMILES string of the molecule is Cc1cc2c(N3CCC(NC(C)c4n[nH]c(=O)[nH]4)CC3)ncnc2s1. The molecule has 1 aliphatic rings. The maximum atomic E-state index is 11.2. The highest BCUT2D eigenvalue weighted by Crippen LogP contribution is 2.31. The minimum atomic E-state index is -0.266. The maximum Gasteiger partial charge on any atom is 0.340 e. The summed E-state index contributed by atoms with van der Waals surface area (Å²) >= 11 is 1.71. The van der Waals surface area contributed by atoms with Gasteiger partial charge in [-0.3, -0.25) is 4.98 Å². The molecular weight excluding hydrogens is 338 g/mol. The van der Waals surface area contributed by atoms with Crippen LogP contribution in [0.15, 0.2) is 17.2 Å². The Labute approximate surface area is 148 Å². The Kier molecular flexibility index (Phi) is 4.26. The summed E-state index contributed by atoms with van der Waals surface area (Å²) in [5.74, 6) is 1.69. The van der Waals surface area contributed by atoms with E-state index >= 15 is 0 Å². The Morgan fingerprint density at radius 1 is 1.36 bits per heavy atom. The van der Waals surface area contributed by atoms with Crippen molar-refractivity contribution in [2.24, 2.45) is 0 Å². The first-order chi connectivity index (χ1) is 12.1. The number of nitrogens with one attached hydrogen (secondary N) is 3. The van der Waals surface area contributed by atoms with Gasteiger partial charge in [0.15, 0.2) is 0 Å². The van der Waals surface area contributed by atoms with Gasteiger partial charge in [0.05, 0.1) is 11.4 Å². The number of nitrogens with zero attached hydrogens (tertiary/aromatic N) is 4. The Balaban J connectivity index is 1.41. The van der Waals surface area contributed by atoms with Gasteiger partial charge >= 0.3 is 5.69 Å². The lowest BCUT2D eigenvalue weighted by molar-refractivity contribution is 0.373. The van der Waals surface area contributed by atoms with Crippen molar-refractivity contribution in [3.63, 3.8) is 0 Å². The monoisotopic (exact) mass is 359 g/mol. The summed E-state index contributed by atoms with van der Waals surface area (Å²) in [5.41, 5.74) is -0.266. The zero-order chi connectivity index (χ0) is 17.4. The van der Waals surface area contributed by atoms with E-state index in [2.05, 4.69) is 48.4 Å². The molecule has 3 aromatic heterocycles. The molecule has 1 fully saturated rings. The molecule has 1 saturated heterocycles. The first kappa shape index (κ1) is 16.2. The average Bonchev–Trinajstić information content (AvgIpc) is 3.20. The zero-order valence-electron chi connectivity index (χ0n) is 14.2. The Morgan fingerprint density at radius 3 is 2.88 bits per heavy atom. The zero-order valence-corrected chi connectivity index (χ0v) is 15.1. The van der Waals surface area contributed by atoms with E-state index in [1.807, 2.05) is 6.92 Å². The lowest BCUT2D eigenvalue weighted by atomic mass is 10.0. The van der Waals surface area contributed by atoms with Gasteiger partial charge in [-0.25, -0.2) is 19.9 Å². The number of aromatic amines is 2. The van der Waals surface area contributed by atoms with Crippen molar-refractivity contribution < 1.29 is 0 Å². The molecular formula is C16H21N7OS. The number of anilines is 1. The third kappa shape index (κ3) is 3.29. The second kappa shape index (κ2) is 6.57. The topological polar surface area (TPSA) is 103 Å². The minimum absolute atomic E-state index is 0.0146. The van der Waals surface area contributed by atoms with Gasteiger partial charge in [-0.05, 0) is 32.8 Å². The standard InChI is InChI=1S/C16H21N7OS/c1-9-7-12-14(17-8-18-15(12)25-9)23-5-3-11(4-6-23)19-10(2)13-20-16(24)22-21-13/h7-8,10-11,19H,3-6H2,1-2H3,(H2,20,21,22,24). The van der Waals surface area contributed by atoms with Crippen molar-refractivity contribution in [1.82, 2.24) is 30.5 Å². The van der Waals surface area contributed by atoms with Crippen LogP contribution in [-0.2, 0) is 0 Å². The predicted molar refractivity (Wildman–Crippen MR) is 98.1 cm³/mol. The third-order valence-electron chi connectivity index (χ3n) is 4.64. The summed E-state index contributed by atoms with van der Waals surface area (Å²) < 4.78 is 0. The van der Waals surface area contributed by atoms with Gasteiger partial charge in [-0.2, -0.15) is 5.10 Å². The van der Waals surface area contributed by atoms with E-state index in [0.29, 0.717) is 11.9 Å². The lowest BCUT2D eigenvalue weighted by Crippen LogP contribution is -2.43. The van der Waals surface area contributed by atoms with Crippen LogP contribution in [0, 0.1) is 6.92 Å². The second-order valence-corrected chi connectivity index (χ2v) is 7.72. The molecule has 4 rings (SSSR count). The number of piperidine rings is 1. The molecule has 0 aromatic carbocycles. The molecule has 0 spiro atoms. The number of rotatable bonds is 4. The molecule has 4 heterocycles. The quantitative estimate of drug-likeness (QED) is 0.656. The number of aryl methyl sites for hydroxylation is 1. The van der Waals surface area contributed by atoms with Crippen LogP contribution >= 0.6 is 11.3 Å². The molecule has 0 amide bonds. The molecule has 3 N–H and O–H groups in total. The average molecular weight is 359 g/mol. The van der Waals surface area contributed by atoms with Gasteiger partial charge in [0.1, 0.15) is 22.8 Å². The number of hydrogen-bond donors (Lipinski definition) is 3. The number of aromatic nitrogens is 5. The van der Waals surface area contributed by atoms with E-state index < -0.39 is 0 Å². The van der Waals surface area contributed by atoms with Crippen molar-refractivity contribution >= 4 is 27.4 Å². The van der Waals surface area contributed by atoms with Gasteiger partial charge in [0.25, 0.3) is 0 Å². The fourth-order valence-corrected chi connectivity index (χ4v) is 4.24. The lowest BCUT2D eigenvalue weighted by Gasteiger charge is -2.34. The van der Waals surface area contributed by atoms with E-state index in [9.17, 15) is 4.79 Å². The summed E-state index contributed by atoms with van der Waals surface area (Å²) in [7, 11) is 0. The normalized spacial score (nSPS) is 17.3. The first-order valence-electron chi connectivity index (χ1n) is 8.47. The number of H-pyrrole nitrogens is 2. The number of fused-ring (bicyclic) bond motifs is 1. The van der Waals surface area contributed by atoms with E-state index in [1.165, 1.54) is 4.88 Å². The number of hydrogen-bond acceptors (Lipinski definition) is 7. The van der Waals surface area contributed by atoms with E-state index in [-0.39, 0.29) is 11.7 Å². The van der Waals surface area contributed by atoms with Gasteiger partial charge in [-0.15, -0.1) is 11.3 Å². The molecule has 0 bridgehead atoms. The first-order valence-corrected chi connectivity index (χ1v) is 9.28. The van der Waals surface area contributed by atoms with Crippen LogP contribution in [-0.4, -0.2) is 44.3 Å². The van der Waals surface area contributed by atoms with Crippen molar-refractivity contribution in [2.45, 2.75) is 38.8 Å².